The second-order valence-corrected chi connectivity index (χ2v) is 6.35. The Bertz CT molecular complexity index is 575. The Labute approximate surface area is 136 Å². The minimum absolute atomic E-state index is 0.277. The molecule has 0 unspecified atom stereocenters. The quantitative estimate of drug-likeness (QED) is 0.775. The van der Waals surface area contributed by atoms with Crippen LogP contribution in [0.2, 0.25) is 0 Å². The SMILES string of the molecule is COC(=O)c1cc(N2CCN(C(=O)OC(C)(C)C)CC2)ccn1. The molecule has 0 aromatic carbocycles. The standard InChI is InChI=1S/C16H23N3O4/c1-16(2,3)23-15(21)19-9-7-18(8-10-19)12-5-6-17-13(11-12)14(20)22-4/h5-6,11H,7-10H2,1-4H3. The smallest absolute Gasteiger partial charge is 0.410 e. The number of hydrogen-bond acceptors (Lipinski definition) is 6. The van der Waals surface area contributed by atoms with Crippen LogP contribution in [-0.4, -0.2) is 60.8 Å². The molecule has 0 spiro atoms. The van der Waals surface area contributed by atoms with Gasteiger partial charge in [0.15, 0.2) is 0 Å². The van der Waals surface area contributed by atoms with Crippen LogP contribution in [0.15, 0.2) is 18.3 Å². The number of aromatic nitrogens is 1. The zero-order valence-corrected chi connectivity index (χ0v) is 14.0. The number of piperazine rings is 1. The number of esters is 1. The van der Waals surface area contributed by atoms with Crippen LogP contribution in [0.5, 0.6) is 0 Å². The van der Waals surface area contributed by atoms with Gasteiger partial charge in [-0.2, -0.15) is 0 Å². The maximum Gasteiger partial charge on any atom is 0.410 e. The summed E-state index contributed by atoms with van der Waals surface area (Å²) in [6.45, 7) is 8.05. The van der Waals surface area contributed by atoms with E-state index in [1.807, 2.05) is 26.8 Å². The summed E-state index contributed by atoms with van der Waals surface area (Å²) in [6, 6.07) is 3.55. The van der Waals surface area contributed by atoms with Crippen molar-refractivity contribution in [3.63, 3.8) is 0 Å². The molecule has 0 atom stereocenters. The van der Waals surface area contributed by atoms with E-state index in [0.717, 1.165) is 5.69 Å². The predicted octanol–water partition coefficient (Wildman–Crippen LogP) is 1.93. The lowest BCUT2D eigenvalue weighted by molar-refractivity contribution is 0.0240. The van der Waals surface area contributed by atoms with Gasteiger partial charge in [-0.05, 0) is 32.9 Å². The van der Waals surface area contributed by atoms with Crippen molar-refractivity contribution in [3.05, 3.63) is 24.0 Å². The number of carbonyl (C=O) groups is 2. The van der Waals surface area contributed by atoms with Gasteiger partial charge in [-0.25, -0.2) is 14.6 Å². The van der Waals surface area contributed by atoms with Crippen molar-refractivity contribution < 1.29 is 19.1 Å². The van der Waals surface area contributed by atoms with Crippen LogP contribution in [-0.2, 0) is 9.47 Å². The van der Waals surface area contributed by atoms with Gasteiger partial charge in [0.1, 0.15) is 11.3 Å². The summed E-state index contributed by atoms with van der Waals surface area (Å²) in [5.41, 5.74) is 0.679. The molecule has 0 N–H and O–H groups in total. The van der Waals surface area contributed by atoms with Gasteiger partial charge in [-0.1, -0.05) is 0 Å². The van der Waals surface area contributed by atoms with Crippen molar-refractivity contribution in [2.75, 3.05) is 38.2 Å². The fourth-order valence-electron chi connectivity index (χ4n) is 2.31. The fourth-order valence-corrected chi connectivity index (χ4v) is 2.31. The molecular formula is C16H23N3O4. The third kappa shape index (κ3) is 4.58. The van der Waals surface area contributed by atoms with Gasteiger partial charge >= 0.3 is 12.1 Å². The zero-order valence-electron chi connectivity index (χ0n) is 14.0. The highest BCUT2D eigenvalue weighted by atomic mass is 16.6. The molecule has 0 saturated carbocycles. The van der Waals surface area contributed by atoms with Gasteiger partial charge in [0.2, 0.25) is 0 Å². The molecule has 1 amide bonds. The number of hydrogen-bond donors (Lipinski definition) is 0. The average molecular weight is 321 g/mol. The lowest BCUT2D eigenvalue weighted by Crippen LogP contribution is -2.50. The molecule has 7 nitrogen and oxygen atoms in total. The molecule has 126 valence electrons. The van der Waals surface area contributed by atoms with E-state index in [1.165, 1.54) is 7.11 Å². The largest absolute Gasteiger partial charge is 0.464 e. The number of rotatable bonds is 2. The number of nitrogens with zero attached hydrogens (tertiary/aromatic N) is 3. The number of methoxy groups -OCH3 is 1. The van der Waals surface area contributed by atoms with E-state index in [-0.39, 0.29) is 11.8 Å². The average Bonchev–Trinajstić information content (AvgIpc) is 2.53. The maximum absolute atomic E-state index is 12.1. The van der Waals surface area contributed by atoms with Crippen LogP contribution in [0.25, 0.3) is 0 Å². The monoisotopic (exact) mass is 321 g/mol. The van der Waals surface area contributed by atoms with E-state index < -0.39 is 11.6 Å². The molecule has 0 aliphatic carbocycles. The highest BCUT2D eigenvalue weighted by Crippen LogP contribution is 2.18. The molecule has 1 aliphatic rings. The Morgan fingerprint density at radius 1 is 1.17 bits per heavy atom. The molecule has 1 fully saturated rings. The molecule has 0 bridgehead atoms. The Morgan fingerprint density at radius 2 is 1.83 bits per heavy atom. The van der Waals surface area contributed by atoms with Gasteiger partial charge < -0.3 is 19.3 Å². The molecular weight excluding hydrogens is 298 g/mol. The normalized spacial score (nSPS) is 15.3. The Hall–Kier alpha value is -2.31. The second kappa shape index (κ2) is 6.85. The van der Waals surface area contributed by atoms with E-state index in [2.05, 4.69) is 14.6 Å². The molecule has 2 rings (SSSR count). The molecule has 1 aromatic heterocycles. The van der Waals surface area contributed by atoms with E-state index in [0.29, 0.717) is 26.2 Å². The van der Waals surface area contributed by atoms with Crippen LogP contribution >= 0.6 is 0 Å². The minimum Gasteiger partial charge on any atom is -0.464 e. The lowest BCUT2D eigenvalue weighted by atomic mass is 10.2. The summed E-state index contributed by atoms with van der Waals surface area (Å²) >= 11 is 0. The van der Waals surface area contributed by atoms with Crippen LogP contribution < -0.4 is 4.90 Å². The molecule has 0 radical (unpaired) electrons. The van der Waals surface area contributed by atoms with Crippen LogP contribution in [0, 0.1) is 0 Å². The van der Waals surface area contributed by atoms with Gasteiger partial charge in [0, 0.05) is 38.1 Å². The van der Waals surface area contributed by atoms with Crippen LogP contribution in [0.3, 0.4) is 0 Å². The Balaban J connectivity index is 1.97. The highest BCUT2D eigenvalue weighted by Gasteiger charge is 2.26. The molecule has 23 heavy (non-hydrogen) atoms. The van der Waals surface area contributed by atoms with E-state index in [4.69, 9.17) is 4.74 Å². The Kier molecular flexibility index (Phi) is 5.08. The van der Waals surface area contributed by atoms with Gasteiger partial charge in [0.05, 0.1) is 7.11 Å². The van der Waals surface area contributed by atoms with Crippen LogP contribution in [0.1, 0.15) is 31.3 Å². The number of carbonyl (C=O) groups excluding carboxylic acids is 2. The fraction of sp³-hybridized carbons (Fsp3) is 0.562. The zero-order chi connectivity index (χ0) is 17.0. The first-order chi connectivity index (χ1) is 10.8. The third-order valence-corrected chi connectivity index (χ3v) is 3.43. The molecule has 1 aliphatic heterocycles. The number of pyridine rings is 1. The van der Waals surface area contributed by atoms with Crippen molar-refractivity contribution in [3.8, 4) is 0 Å². The summed E-state index contributed by atoms with van der Waals surface area (Å²) in [6.07, 6.45) is 1.30. The minimum atomic E-state index is -0.491. The van der Waals surface area contributed by atoms with Gasteiger partial charge in [-0.3, -0.25) is 0 Å². The number of amides is 1. The van der Waals surface area contributed by atoms with Crippen molar-refractivity contribution in [2.24, 2.45) is 0 Å². The third-order valence-electron chi connectivity index (χ3n) is 3.43. The summed E-state index contributed by atoms with van der Waals surface area (Å²) in [5, 5.41) is 0. The maximum atomic E-state index is 12.1. The van der Waals surface area contributed by atoms with Crippen LogP contribution in [0.4, 0.5) is 10.5 Å². The second-order valence-electron chi connectivity index (χ2n) is 6.35. The molecule has 1 aromatic rings. The van der Waals surface area contributed by atoms with Crippen molar-refractivity contribution in [1.82, 2.24) is 9.88 Å². The van der Waals surface area contributed by atoms with Crippen molar-refractivity contribution in [1.29, 1.82) is 0 Å². The van der Waals surface area contributed by atoms with E-state index in [1.54, 1.807) is 17.2 Å². The molecule has 2 heterocycles. The highest BCUT2D eigenvalue weighted by molar-refractivity contribution is 5.88. The van der Waals surface area contributed by atoms with E-state index in [9.17, 15) is 9.59 Å². The number of anilines is 1. The summed E-state index contributed by atoms with van der Waals surface area (Å²) in [5.74, 6) is -0.459. The lowest BCUT2D eigenvalue weighted by Gasteiger charge is -2.36. The summed E-state index contributed by atoms with van der Waals surface area (Å²) < 4.78 is 10.1. The van der Waals surface area contributed by atoms with Crippen molar-refractivity contribution in [2.45, 2.75) is 26.4 Å². The van der Waals surface area contributed by atoms with Gasteiger partial charge in [-0.15, -0.1) is 0 Å². The summed E-state index contributed by atoms with van der Waals surface area (Å²) in [4.78, 5) is 31.4. The topological polar surface area (TPSA) is 72.0 Å². The van der Waals surface area contributed by atoms with E-state index >= 15 is 0 Å². The predicted molar refractivity (Wildman–Crippen MR) is 85.6 cm³/mol. The first kappa shape index (κ1) is 17.1. The first-order valence-corrected chi connectivity index (χ1v) is 7.57. The molecule has 7 heteroatoms. The van der Waals surface area contributed by atoms with Gasteiger partial charge in [0.25, 0.3) is 0 Å². The Morgan fingerprint density at radius 3 is 2.39 bits per heavy atom. The number of ether oxygens (including phenoxy) is 2. The first-order valence-electron chi connectivity index (χ1n) is 7.57. The van der Waals surface area contributed by atoms with Crippen molar-refractivity contribution >= 4 is 17.7 Å². The summed E-state index contributed by atoms with van der Waals surface area (Å²) in [7, 11) is 1.33. The molecule has 1 saturated heterocycles.